The molecular weight excluding hydrogens is 761 g/mol. The lowest BCUT2D eigenvalue weighted by Crippen LogP contribution is -2.20. The Balaban J connectivity index is 1.29. The lowest BCUT2D eigenvalue weighted by Gasteiger charge is -2.13. The summed E-state index contributed by atoms with van der Waals surface area (Å²) in [6.45, 7) is 8.80. The molecule has 5 aromatic heterocycles. The van der Waals surface area contributed by atoms with Crippen molar-refractivity contribution in [3.05, 3.63) is 83.2 Å². The van der Waals surface area contributed by atoms with Gasteiger partial charge in [0.05, 0.1) is 36.1 Å². The van der Waals surface area contributed by atoms with Gasteiger partial charge in [-0.15, -0.1) is 0 Å². The summed E-state index contributed by atoms with van der Waals surface area (Å²) < 4.78 is 18.7. The van der Waals surface area contributed by atoms with E-state index in [0.29, 0.717) is 87.2 Å². The molecule has 0 aliphatic rings. The lowest BCUT2D eigenvalue weighted by atomic mass is 10.1. The van der Waals surface area contributed by atoms with Gasteiger partial charge in [0.1, 0.15) is 40.2 Å². The zero-order chi connectivity index (χ0) is 41.8. The average molecular weight is 805 g/mol. The number of aromatic nitrogens is 11. The molecule has 0 unspecified atom stereocenters. The molecule has 6 N–H and O–H groups in total. The molecule has 0 aliphatic heterocycles. The number of nitrogens with one attached hydrogen (secondary N) is 3. The summed E-state index contributed by atoms with van der Waals surface area (Å²) in [6, 6.07) is 10.1. The maximum absolute atomic E-state index is 13.7. The SMILES string of the molecule is CCn1nc(C)cc1C(=O)Nc1nc2cc(-c3ncn[nH]3)cc(OC)c2n1C/C=C/Cn1c(NC(=O)c2cc(C)nn2CC)nc2cc(C(N)=O)cc(OCCCO)c21. The van der Waals surface area contributed by atoms with Crippen LogP contribution in [0.15, 0.2) is 54.9 Å². The van der Waals surface area contributed by atoms with Crippen LogP contribution in [0.5, 0.6) is 11.5 Å². The minimum atomic E-state index is -0.686. The number of aliphatic hydroxyl groups excluding tert-OH is 1. The fourth-order valence-corrected chi connectivity index (χ4v) is 6.77. The van der Waals surface area contributed by atoms with Crippen molar-refractivity contribution < 1.29 is 29.0 Å². The van der Waals surface area contributed by atoms with Gasteiger partial charge >= 0.3 is 0 Å². The summed E-state index contributed by atoms with van der Waals surface area (Å²) in [7, 11) is 1.55. The summed E-state index contributed by atoms with van der Waals surface area (Å²) in [4.78, 5) is 53.6. The Kier molecular flexibility index (Phi) is 11.5. The van der Waals surface area contributed by atoms with Crippen molar-refractivity contribution >= 4 is 51.7 Å². The number of aryl methyl sites for hydroxylation is 4. The molecule has 59 heavy (non-hydrogen) atoms. The number of fused-ring (bicyclic) bond motifs is 2. The molecule has 0 radical (unpaired) electrons. The number of aromatic amines is 1. The summed E-state index contributed by atoms with van der Waals surface area (Å²) in [5.41, 5.74) is 10.6. The van der Waals surface area contributed by atoms with Gasteiger partial charge in [-0.25, -0.2) is 15.0 Å². The molecule has 0 saturated heterocycles. The number of hydrogen-bond donors (Lipinski definition) is 5. The number of rotatable bonds is 17. The number of amides is 3. The highest BCUT2D eigenvalue weighted by Gasteiger charge is 2.23. The molecular formula is C39H44N14O6. The smallest absolute Gasteiger partial charge is 0.276 e. The average Bonchev–Trinajstić information content (AvgIpc) is 4.07. The fraction of sp³-hybridized carbons (Fsp3) is 0.308. The van der Waals surface area contributed by atoms with Gasteiger partial charge in [0.15, 0.2) is 5.82 Å². The van der Waals surface area contributed by atoms with Crippen molar-refractivity contribution in [3.8, 4) is 22.9 Å². The number of aliphatic hydroxyl groups is 1. The largest absolute Gasteiger partial charge is 0.494 e. The molecule has 5 heterocycles. The molecule has 306 valence electrons. The molecule has 0 fully saturated rings. The third kappa shape index (κ3) is 8.10. The van der Waals surface area contributed by atoms with Crippen LogP contribution in [0.3, 0.4) is 0 Å². The van der Waals surface area contributed by atoms with Crippen molar-refractivity contribution in [2.45, 2.75) is 60.3 Å². The zero-order valence-electron chi connectivity index (χ0n) is 33.2. The highest BCUT2D eigenvalue weighted by Crippen LogP contribution is 2.34. The third-order valence-corrected chi connectivity index (χ3v) is 9.43. The number of allylic oxidation sites excluding steroid dienone is 2. The number of ether oxygens (including phenoxy) is 2. The Morgan fingerprint density at radius 1 is 0.831 bits per heavy atom. The van der Waals surface area contributed by atoms with E-state index < -0.39 is 17.7 Å². The number of primary amides is 1. The van der Waals surface area contributed by atoms with Gasteiger partial charge in [0.2, 0.25) is 17.8 Å². The zero-order valence-corrected chi connectivity index (χ0v) is 33.2. The number of imidazole rings is 2. The van der Waals surface area contributed by atoms with Gasteiger partial charge in [0, 0.05) is 50.3 Å². The molecule has 0 bridgehead atoms. The fourth-order valence-electron chi connectivity index (χ4n) is 6.77. The first-order valence-electron chi connectivity index (χ1n) is 18.9. The van der Waals surface area contributed by atoms with Gasteiger partial charge in [-0.05, 0) is 64.1 Å². The minimum absolute atomic E-state index is 0.105. The minimum Gasteiger partial charge on any atom is -0.494 e. The van der Waals surface area contributed by atoms with E-state index in [9.17, 15) is 19.5 Å². The van der Waals surface area contributed by atoms with E-state index in [-0.39, 0.29) is 43.8 Å². The maximum atomic E-state index is 13.7. The Morgan fingerprint density at radius 3 is 1.92 bits per heavy atom. The van der Waals surface area contributed by atoms with Crippen molar-refractivity contribution in [3.63, 3.8) is 0 Å². The van der Waals surface area contributed by atoms with E-state index in [1.807, 2.05) is 49.6 Å². The molecule has 2 aromatic carbocycles. The number of carbonyl (C=O) groups is 3. The number of methoxy groups -OCH3 is 1. The lowest BCUT2D eigenvalue weighted by molar-refractivity contribution is 0.0994. The molecule has 3 amide bonds. The predicted molar refractivity (Wildman–Crippen MR) is 217 cm³/mol. The Labute approximate surface area is 337 Å². The number of carbonyl (C=O) groups excluding carboxylic acids is 3. The second-order valence-electron chi connectivity index (χ2n) is 13.5. The van der Waals surface area contributed by atoms with E-state index in [2.05, 4.69) is 36.0 Å². The van der Waals surface area contributed by atoms with Crippen LogP contribution in [0.25, 0.3) is 33.5 Å². The van der Waals surface area contributed by atoms with Crippen LogP contribution in [-0.4, -0.2) is 97.0 Å². The van der Waals surface area contributed by atoms with Crippen LogP contribution in [0.1, 0.15) is 63.0 Å². The molecule has 20 nitrogen and oxygen atoms in total. The molecule has 7 rings (SSSR count). The summed E-state index contributed by atoms with van der Waals surface area (Å²) in [5.74, 6) is 0.201. The number of H-pyrrole nitrogens is 1. The molecule has 0 aliphatic carbocycles. The Bertz CT molecular complexity index is 2700. The topological polar surface area (TPSA) is 253 Å². The van der Waals surface area contributed by atoms with Crippen molar-refractivity contribution in [2.75, 3.05) is 31.0 Å². The first kappa shape index (κ1) is 39.9. The van der Waals surface area contributed by atoms with Gasteiger partial charge in [-0.3, -0.25) is 39.5 Å². The van der Waals surface area contributed by atoms with Crippen molar-refractivity contribution in [1.29, 1.82) is 0 Å². The van der Waals surface area contributed by atoms with Crippen LogP contribution in [0, 0.1) is 13.8 Å². The summed E-state index contributed by atoms with van der Waals surface area (Å²) in [6.07, 6.45) is 5.47. The molecule has 7 aromatic rings. The normalized spacial score (nSPS) is 11.6. The quantitative estimate of drug-likeness (QED) is 0.0650. The van der Waals surface area contributed by atoms with E-state index in [1.165, 1.54) is 18.5 Å². The maximum Gasteiger partial charge on any atom is 0.276 e. The number of anilines is 2. The highest BCUT2D eigenvalue weighted by atomic mass is 16.5. The van der Waals surface area contributed by atoms with Crippen LogP contribution < -0.4 is 25.8 Å². The third-order valence-electron chi connectivity index (χ3n) is 9.43. The van der Waals surface area contributed by atoms with Gasteiger partial charge in [-0.1, -0.05) is 12.2 Å². The first-order chi connectivity index (χ1) is 28.5. The number of nitrogens with two attached hydrogens (primary N) is 1. The summed E-state index contributed by atoms with van der Waals surface area (Å²) >= 11 is 0. The van der Waals surface area contributed by atoms with Gasteiger partial charge in [-0.2, -0.15) is 15.3 Å². The predicted octanol–water partition coefficient (Wildman–Crippen LogP) is 3.85. The number of benzene rings is 2. The number of nitrogens with zero attached hydrogens (tertiary/aromatic N) is 10. The standard InChI is InChI=1S/C39H44N14O6/c1-6-52-28(15-22(3)48-52)36(56)45-38-44-27-18-25(35-41-21-42-47-35)20-30(58-5)32(27)50(38)11-8-9-12-51-33-26(17-24(34(40)55)19-31(33)59-14-10-13-54)43-39(51)46-37(57)29-16-23(4)49-53(29)7-2/h8-9,15-21,54H,6-7,10-14H2,1-5H3,(H2,40,55)(H,41,42,47)(H,43,46,57)(H,44,45,56)/b9-8+. The second-order valence-corrected chi connectivity index (χ2v) is 13.5. The monoisotopic (exact) mass is 804 g/mol. The van der Waals surface area contributed by atoms with Crippen LogP contribution in [0.4, 0.5) is 11.9 Å². The Morgan fingerprint density at radius 2 is 1.41 bits per heavy atom. The molecule has 0 spiro atoms. The van der Waals surface area contributed by atoms with E-state index >= 15 is 0 Å². The van der Waals surface area contributed by atoms with Crippen LogP contribution >= 0.6 is 0 Å². The van der Waals surface area contributed by atoms with E-state index in [4.69, 9.17) is 25.2 Å². The van der Waals surface area contributed by atoms with Crippen LogP contribution in [0.2, 0.25) is 0 Å². The van der Waals surface area contributed by atoms with Crippen molar-refractivity contribution in [1.82, 2.24) is 53.8 Å². The molecule has 0 atom stereocenters. The summed E-state index contributed by atoms with van der Waals surface area (Å²) in [5, 5.41) is 31.0. The Hall–Kier alpha value is -7.35. The molecule has 0 saturated carbocycles. The van der Waals surface area contributed by atoms with Crippen LogP contribution in [-0.2, 0) is 26.2 Å². The molecule has 20 heteroatoms. The van der Waals surface area contributed by atoms with E-state index in [0.717, 1.165) is 0 Å². The highest BCUT2D eigenvalue weighted by molar-refractivity contribution is 6.05. The van der Waals surface area contributed by atoms with Gasteiger partial charge in [0.25, 0.3) is 11.8 Å². The van der Waals surface area contributed by atoms with E-state index in [1.54, 1.807) is 40.1 Å². The first-order valence-corrected chi connectivity index (χ1v) is 18.9. The van der Waals surface area contributed by atoms with Gasteiger partial charge < -0.3 is 29.4 Å². The number of hydrogen-bond acceptors (Lipinski definition) is 12. The van der Waals surface area contributed by atoms with Crippen molar-refractivity contribution in [2.24, 2.45) is 5.73 Å². The second kappa shape index (κ2) is 17.0.